The summed E-state index contributed by atoms with van der Waals surface area (Å²) in [5.74, 6) is 1.14. The van der Waals surface area contributed by atoms with E-state index in [9.17, 15) is 14.4 Å². The second-order valence-corrected chi connectivity index (χ2v) is 12.3. The highest BCUT2D eigenvalue weighted by Gasteiger charge is 2.41. The average Bonchev–Trinajstić information content (AvgIpc) is 3.62. The van der Waals surface area contributed by atoms with E-state index >= 15 is 0 Å². The van der Waals surface area contributed by atoms with Crippen LogP contribution in [0.3, 0.4) is 0 Å². The second kappa shape index (κ2) is 14.2. The van der Waals surface area contributed by atoms with E-state index in [0.29, 0.717) is 60.7 Å². The summed E-state index contributed by atoms with van der Waals surface area (Å²) in [5, 5.41) is 6.27. The number of amides is 2. The molecule has 2 heterocycles. The molecular formula is C28H43N5O6S. The SMILES string of the molecule is CCCC[C@@H](NC(=O)[C@]1(N)CSC(C(C)=NCCCNC(=O)OC(C)(C)C)=N1)c1cc(OCC2CC2)cc(=O)o1. The lowest BCUT2D eigenvalue weighted by Crippen LogP contribution is -2.54. The van der Waals surface area contributed by atoms with Crippen LogP contribution in [-0.4, -0.2) is 59.5 Å². The molecule has 1 aromatic rings. The lowest BCUT2D eigenvalue weighted by atomic mass is 10.1. The van der Waals surface area contributed by atoms with Crippen LogP contribution in [-0.2, 0) is 9.53 Å². The first-order valence-electron chi connectivity index (χ1n) is 14.0. The number of alkyl carbamates (subject to hydrolysis) is 1. The molecule has 1 aliphatic carbocycles. The molecule has 11 nitrogen and oxygen atoms in total. The zero-order valence-electron chi connectivity index (χ0n) is 24.2. The summed E-state index contributed by atoms with van der Waals surface area (Å²) in [7, 11) is 0. The average molecular weight is 578 g/mol. The lowest BCUT2D eigenvalue weighted by molar-refractivity contribution is -0.126. The highest BCUT2D eigenvalue weighted by molar-refractivity contribution is 8.16. The lowest BCUT2D eigenvalue weighted by Gasteiger charge is -2.24. The van der Waals surface area contributed by atoms with Crippen LogP contribution in [0.1, 0.15) is 84.9 Å². The Bertz CT molecular complexity index is 1160. The molecular weight excluding hydrogens is 534 g/mol. The van der Waals surface area contributed by atoms with Gasteiger partial charge in [-0.25, -0.2) is 14.6 Å². The number of nitrogens with two attached hydrogens (primary N) is 1. The van der Waals surface area contributed by atoms with E-state index in [1.807, 2.05) is 27.7 Å². The van der Waals surface area contributed by atoms with Gasteiger partial charge in [-0.2, -0.15) is 0 Å². The van der Waals surface area contributed by atoms with Crippen LogP contribution < -0.4 is 26.7 Å². The quantitative estimate of drug-likeness (QED) is 0.222. The van der Waals surface area contributed by atoms with Crippen LogP contribution in [0.5, 0.6) is 5.75 Å². The summed E-state index contributed by atoms with van der Waals surface area (Å²) in [6.07, 6.45) is 4.74. The molecule has 12 heteroatoms. The molecule has 1 aromatic heterocycles. The van der Waals surface area contributed by atoms with Crippen molar-refractivity contribution in [3.8, 4) is 5.75 Å². The van der Waals surface area contributed by atoms with Crippen LogP contribution in [0.4, 0.5) is 4.79 Å². The molecule has 3 rings (SSSR count). The van der Waals surface area contributed by atoms with E-state index < -0.39 is 34.9 Å². The molecule has 0 aromatic carbocycles. The first kappa shape index (κ1) is 31.7. The van der Waals surface area contributed by atoms with Crippen molar-refractivity contribution < 1.29 is 23.5 Å². The predicted octanol–water partition coefficient (Wildman–Crippen LogP) is 3.95. The monoisotopic (exact) mass is 577 g/mol. The molecule has 40 heavy (non-hydrogen) atoms. The van der Waals surface area contributed by atoms with Crippen LogP contribution >= 0.6 is 11.8 Å². The molecule has 222 valence electrons. The number of hydrogen-bond acceptors (Lipinski definition) is 10. The van der Waals surface area contributed by atoms with Gasteiger partial charge in [0, 0.05) is 24.9 Å². The number of nitrogens with one attached hydrogen (secondary N) is 2. The van der Waals surface area contributed by atoms with Gasteiger partial charge < -0.3 is 24.5 Å². The summed E-state index contributed by atoms with van der Waals surface area (Å²) >= 11 is 1.37. The molecule has 1 aliphatic heterocycles. The Morgan fingerprint density at radius 3 is 2.73 bits per heavy atom. The van der Waals surface area contributed by atoms with Crippen molar-refractivity contribution in [1.82, 2.24) is 10.6 Å². The number of carbonyl (C=O) groups is 2. The molecule has 0 bridgehead atoms. The number of aliphatic imine (C=N–C) groups is 2. The number of nitrogens with zero attached hydrogens (tertiary/aromatic N) is 2. The van der Waals surface area contributed by atoms with E-state index in [4.69, 9.17) is 19.6 Å². The Hall–Kier alpha value is -2.86. The molecule has 1 saturated carbocycles. The van der Waals surface area contributed by atoms with Crippen LogP contribution in [0.2, 0.25) is 0 Å². The summed E-state index contributed by atoms with van der Waals surface area (Å²) in [6.45, 7) is 10.8. The van der Waals surface area contributed by atoms with Crippen molar-refractivity contribution in [1.29, 1.82) is 0 Å². The number of hydrogen-bond donors (Lipinski definition) is 3. The molecule has 0 saturated heterocycles. The zero-order chi connectivity index (χ0) is 29.3. The number of unbranched alkanes of at least 4 members (excludes halogenated alkanes) is 1. The third kappa shape index (κ3) is 10.3. The number of carbonyl (C=O) groups excluding carboxylic acids is 2. The maximum Gasteiger partial charge on any atom is 0.407 e. The maximum absolute atomic E-state index is 13.3. The molecule has 0 spiro atoms. The molecule has 2 aliphatic rings. The Kier molecular flexibility index (Phi) is 11.2. The molecule has 2 amide bonds. The third-order valence-electron chi connectivity index (χ3n) is 6.23. The topological polar surface area (TPSA) is 158 Å². The van der Waals surface area contributed by atoms with E-state index in [1.165, 1.54) is 17.8 Å². The smallest absolute Gasteiger partial charge is 0.407 e. The van der Waals surface area contributed by atoms with E-state index in [0.717, 1.165) is 25.7 Å². The van der Waals surface area contributed by atoms with E-state index in [-0.39, 0.29) is 5.75 Å². The van der Waals surface area contributed by atoms with Crippen molar-refractivity contribution in [2.45, 2.75) is 90.4 Å². The minimum Gasteiger partial charge on any atom is -0.493 e. The van der Waals surface area contributed by atoms with Crippen molar-refractivity contribution in [3.63, 3.8) is 0 Å². The fourth-order valence-electron chi connectivity index (χ4n) is 3.83. The van der Waals surface area contributed by atoms with Gasteiger partial charge in [0.2, 0.25) is 0 Å². The van der Waals surface area contributed by atoms with Gasteiger partial charge in [0.15, 0.2) is 5.66 Å². The molecule has 4 N–H and O–H groups in total. The Morgan fingerprint density at radius 2 is 2.05 bits per heavy atom. The zero-order valence-corrected chi connectivity index (χ0v) is 25.0. The maximum atomic E-state index is 13.3. The minimum absolute atomic E-state index is 0.260. The van der Waals surface area contributed by atoms with E-state index in [2.05, 4.69) is 27.5 Å². The molecule has 1 fully saturated rings. The van der Waals surface area contributed by atoms with Crippen molar-refractivity contribution in [3.05, 3.63) is 28.3 Å². The molecule has 2 atom stereocenters. The Labute approximate surface area is 240 Å². The third-order valence-corrected chi connectivity index (χ3v) is 7.47. The highest BCUT2D eigenvalue weighted by atomic mass is 32.2. The van der Waals surface area contributed by atoms with Crippen molar-refractivity contribution in [2.75, 3.05) is 25.4 Å². The standard InChI is InChI=1S/C28H43N5O6S/c1-6-7-9-21(22-14-20(15-23(34)38-22)37-16-19-10-11-19)32-25(35)28(29)17-40-24(33-28)18(2)30-12-8-13-31-26(36)39-27(3,4)5/h14-15,19,21H,6-13,16-17,29H2,1-5H3,(H,31,36)(H,32,35)/t21-,28+/m1/s1. The van der Waals surface area contributed by atoms with Gasteiger partial charge in [-0.3, -0.25) is 15.5 Å². The van der Waals surface area contributed by atoms with Crippen LogP contribution in [0.25, 0.3) is 0 Å². The van der Waals surface area contributed by atoms with E-state index in [1.54, 1.807) is 6.07 Å². The van der Waals surface area contributed by atoms with Crippen molar-refractivity contribution >= 4 is 34.5 Å². The first-order chi connectivity index (χ1) is 18.9. The highest BCUT2D eigenvalue weighted by Crippen LogP contribution is 2.31. The fraction of sp³-hybridized carbons (Fsp3) is 0.679. The normalized spacial score (nSPS) is 20.1. The summed E-state index contributed by atoms with van der Waals surface area (Å²) in [6, 6.07) is 2.47. The Morgan fingerprint density at radius 1 is 1.30 bits per heavy atom. The molecule has 0 unspecified atom stereocenters. The summed E-state index contributed by atoms with van der Waals surface area (Å²) in [5.41, 5.74) is 4.58. The van der Waals surface area contributed by atoms with Gasteiger partial charge in [-0.05, 0) is 59.3 Å². The number of rotatable bonds is 14. The second-order valence-electron chi connectivity index (χ2n) is 11.3. The Balaban J connectivity index is 1.59. The van der Waals surface area contributed by atoms with Gasteiger partial charge in [0.25, 0.3) is 5.91 Å². The number of thioether (sulfide) groups is 1. The summed E-state index contributed by atoms with van der Waals surface area (Å²) in [4.78, 5) is 46.4. The first-order valence-corrected chi connectivity index (χ1v) is 15.0. The fourth-order valence-corrected chi connectivity index (χ4v) is 4.88. The van der Waals surface area contributed by atoms with Gasteiger partial charge in [-0.1, -0.05) is 19.8 Å². The number of ether oxygens (including phenoxy) is 2. The van der Waals surface area contributed by atoms with Gasteiger partial charge in [0.05, 0.1) is 24.4 Å². The van der Waals surface area contributed by atoms with Gasteiger partial charge in [-0.15, -0.1) is 11.8 Å². The van der Waals surface area contributed by atoms with Gasteiger partial charge in [0.1, 0.15) is 22.2 Å². The summed E-state index contributed by atoms with van der Waals surface area (Å²) < 4.78 is 16.5. The molecule has 0 radical (unpaired) electrons. The predicted molar refractivity (Wildman–Crippen MR) is 157 cm³/mol. The van der Waals surface area contributed by atoms with Crippen molar-refractivity contribution in [2.24, 2.45) is 21.6 Å². The van der Waals surface area contributed by atoms with Crippen LogP contribution in [0.15, 0.2) is 31.3 Å². The van der Waals surface area contributed by atoms with Crippen LogP contribution in [0, 0.1) is 5.92 Å². The van der Waals surface area contributed by atoms with Gasteiger partial charge >= 0.3 is 11.7 Å². The minimum atomic E-state index is -1.47. The largest absolute Gasteiger partial charge is 0.493 e.